The van der Waals surface area contributed by atoms with Gasteiger partial charge in [-0.05, 0) is 38.5 Å². The molecular formula is C17H22NO5-. The Balaban J connectivity index is 2.17. The third-order valence-corrected chi connectivity index (χ3v) is 3.82. The molecule has 1 saturated heterocycles. The highest BCUT2D eigenvalue weighted by atomic mass is 16.6. The first kappa shape index (κ1) is 17.1. The van der Waals surface area contributed by atoms with Crippen LogP contribution in [0.4, 0.5) is 4.79 Å². The average molecular weight is 320 g/mol. The van der Waals surface area contributed by atoms with E-state index in [0.29, 0.717) is 12.3 Å². The number of rotatable bonds is 3. The van der Waals surface area contributed by atoms with Crippen LogP contribution in [0.3, 0.4) is 0 Å². The fourth-order valence-electron chi connectivity index (χ4n) is 2.71. The second kappa shape index (κ2) is 6.48. The number of amides is 1. The molecule has 0 aliphatic carbocycles. The Hall–Kier alpha value is -2.24. The highest BCUT2D eigenvalue weighted by molar-refractivity contribution is 5.74. The topological polar surface area (TPSA) is 78.9 Å². The molecule has 0 aromatic heterocycles. The predicted molar refractivity (Wildman–Crippen MR) is 82.0 cm³/mol. The molecule has 1 heterocycles. The van der Waals surface area contributed by atoms with Crippen LogP contribution >= 0.6 is 0 Å². The number of nitrogens with zero attached hydrogens (tertiary/aromatic N) is 1. The number of methoxy groups -OCH3 is 1. The molecule has 1 aliphatic rings. The Kier molecular flexibility index (Phi) is 4.82. The molecule has 0 N–H and O–H groups in total. The Morgan fingerprint density at radius 2 is 1.78 bits per heavy atom. The molecule has 0 saturated carbocycles. The van der Waals surface area contributed by atoms with Crippen molar-refractivity contribution in [3.05, 3.63) is 29.8 Å². The molecule has 6 nitrogen and oxygen atoms in total. The van der Waals surface area contributed by atoms with Crippen molar-refractivity contribution in [3.63, 3.8) is 0 Å². The average Bonchev–Trinajstić information content (AvgIpc) is 2.91. The molecule has 6 heteroatoms. The van der Waals surface area contributed by atoms with Crippen LogP contribution in [0.15, 0.2) is 24.3 Å². The summed E-state index contributed by atoms with van der Waals surface area (Å²) in [5, 5.41) is 11.4. The van der Waals surface area contributed by atoms with Crippen molar-refractivity contribution in [2.75, 3.05) is 20.2 Å². The number of carboxylic acid groups (broad SMARTS) is 1. The molecule has 0 radical (unpaired) electrons. The highest BCUT2D eigenvalue weighted by Gasteiger charge is 2.38. The Labute approximate surface area is 136 Å². The highest BCUT2D eigenvalue weighted by Crippen LogP contribution is 2.34. The third kappa shape index (κ3) is 4.15. The zero-order chi connectivity index (χ0) is 17.2. The minimum Gasteiger partial charge on any atom is -0.550 e. The molecule has 126 valence electrons. The summed E-state index contributed by atoms with van der Waals surface area (Å²) < 4.78 is 10.4. The number of hydrogen-bond donors (Lipinski definition) is 0. The molecule has 1 aromatic carbocycles. The van der Waals surface area contributed by atoms with E-state index < -0.39 is 23.6 Å². The number of ether oxygens (including phenoxy) is 2. The molecular weight excluding hydrogens is 298 g/mol. The van der Waals surface area contributed by atoms with Crippen LogP contribution in [0.5, 0.6) is 5.75 Å². The van der Waals surface area contributed by atoms with Gasteiger partial charge < -0.3 is 24.3 Å². The van der Waals surface area contributed by atoms with E-state index in [-0.39, 0.29) is 12.5 Å². The molecule has 2 rings (SSSR count). The molecule has 1 amide bonds. The van der Waals surface area contributed by atoms with E-state index in [4.69, 9.17) is 9.47 Å². The number of likely N-dealkylation sites (tertiary alicyclic amines) is 1. The monoisotopic (exact) mass is 320 g/mol. The maximum absolute atomic E-state index is 12.2. The normalized spacial score (nSPS) is 21.1. The smallest absolute Gasteiger partial charge is 0.410 e. The second-order valence-corrected chi connectivity index (χ2v) is 6.69. The Bertz CT molecular complexity index is 576. The molecule has 2 atom stereocenters. The minimum atomic E-state index is -1.16. The van der Waals surface area contributed by atoms with Crippen LogP contribution in [0, 0.1) is 5.92 Å². The maximum atomic E-state index is 12.2. The molecule has 0 spiro atoms. The summed E-state index contributed by atoms with van der Waals surface area (Å²) in [7, 11) is 1.57. The third-order valence-electron chi connectivity index (χ3n) is 3.82. The van der Waals surface area contributed by atoms with E-state index in [1.54, 1.807) is 40.0 Å². The zero-order valence-corrected chi connectivity index (χ0v) is 13.9. The van der Waals surface area contributed by atoms with E-state index in [1.165, 1.54) is 4.90 Å². The first-order valence-corrected chi connectivity index (χ1v) is 7.54. The zero-order valence-electron chi connectivity index (χ0n) is 13.9. The summed E-state index contributed by atoms with van der Waals surface area (Å²) in [6.07, 6.45) is -0.500. The lowest BCUT2D eigenvalue weighted by Gasteiger charge is -2.24. The number of aliphatic carboxylic acids is 1. The molecule has 1 aliphatic heterocycles. The van der Waals surface area contributed by atoms with Crippen molar-refractivity contribution in [2.45, 2.75) is 32.3 Å². The lowest BCUT2D eigenvalue weighted by atomic mass is 9.89. The summed E-state index contributed by atoms with van der Waals surface area (Å²) in [5.41, 5.74) is 0.220. The van der Waals surface area contributed by atoms with Gasteiger partial charge in [0.05, 0.1) is 7.11 Å². The van der Waals surface area contributed by atoms with Crippen molar-refractivity contribution in [1.82, 2.24) is 4.90 Å². The van der Waals surface area contributed by atoms with Gasteiger partial charge in [0.2, 0.25) is 0 Å². The quantitative estimate of drug-likeness (QED) is 0.841. The summed E-state index contributed by atoms with van der Waals surface area (Å²) in [6, 6.07) is 7.19. The van der Waals surface area contributed by atoms with Crippen molar-refractivity contribution in [3.8, 4) is 5.75 Å². The molecule has 1 aromatic rings. The van der Waals surface area contributed by atoms with E-state index in [1.807, 2.05) is 12.1 Å². The van der Waals surface area contributed by atoms with Gasteiger partial charge in [0.15, 0.2) is 0 Å². The summed E-state index contributed by atoms with van der Waals surface area (Å²) >= 11 is 0. The lowest BCUT2D eigenvalue weighted by molar-refractivity contribution is -0.311. The number of carbonyl (C=O) groups is 2. The first-order valence-electron chi connectivity index (χ1n) is 7.54. The first-order chi connectivity index (χ1) is 10.7. The van der Waals surface area contributed by atoms with Crippen LogP contribution in [0.25, 0.3) is 0 Å². The van der Waals surface area contributed by atoms with Gasteiger partial charge in [-0.1, -0.05) is 12.1 Å². The van der Waals surface area contributed by atoms with Gasteiger partial charge in [-0.15, -0.1) is 0 Å². The lowest BCUT2D eigenvalue weighted by Crippen LogP contribution is -2.38. The van der Waals surface area contributed by atoms with Gasteiger partial charge in [-0.3, -0.25) is 0 Å². The van der Waals surface area contributed by atoms with Crippen LogP contribution in [0.1, 0.15) is 32.3 Å². The number of carboxylic acids is 1. The van der Waals surface area contributed by atoms with E-state index in [9.17, 15) is 14.7 Å². The number of benzene rings is 1. The van der Waals surface area contributed by atoms with E-state index in [0.717, 1.165) is 5.56 Å². The Morgan fingerprint density at radius 1 is 1.17 bits per heavy atom. The van der Waals surface area contributed by atoms with Crippen LogP contribution in [-0.2, 0) is 9.53 Å². The van der Waals surface area contributed by atoms with Crippen molar-refractivity contribution in [2.24, 2.45) is 5.92 Å². The van der Waals surface area contributed by atoms with Gasteiger partial charge in [0.25, 0.3) is 0 Å². The second-order valence-electron chi connectivity index (χ2n) is 6.69. The fourth-order valence-corrected chi connectivity index (χ4v) is 2.71. The minimum absolute atomic E-state index is 0.0912. The summed E-state index contributed by atoms with van der Waals surface area (Å²) in [5.74, 6) is -1.54. The van der Waals surface area contributed by atoms with Crippen LogP contribution in [-0.4, -0.2) is 42.8 Å². The molecule has 0 unspecified atom stereocenters. The van der Waals surface area contributed by atoms with Crippen molar-refractivity contribution < 1.29 is 24.2 Å². The fraction of sp³-hybridized carbons (Fsp3) is 0.529. The maximum Gasteiger partial charge on any atom is 0.410 e. The van der Waals surface area contributed by atoms with Gasteiger partial charge >= 0.3 is 6.09 Å². The van der Waals surface area contributed by atoms with Gasteiger partial charge in [-0.2, -0.15) is 0 Å². The van der Waals surface area contributed by atoms with Gasteiger partial charge in [-0.25, -0.2) is 4.79 Å². The van der Waals surface area contributed by atoms with Crippen molar-refractivity contribution in [1.29, 1.82) is 0 Å². The van der Waals surface area contributed by atoms with E-state index >= 15 is 0 Å². The molecule has 0 bridgehead atoms. The molecule has 1 fully saturated rings. The largest absolute Gasteiger partial charge is 0.550 e. The summed E-state index contributed by atoms with van der Waals surface area (Å²) in [6.45, 7) is 5.71. The van der Waals surface area contributed by atoms with Crippen LogP contribution in [0.2, 0.25) is 0 Å². The van der Waals surface area contributed by atoms with Crippen LogP contribution < -0.4 is 9.84 Å². The summed E-state index contributed by atoms with van der Waals surface area (Å²) in [4.78, 5) is 25.1. The number of carbonyl (C=O) groups excluding carboxylic acids is 2. The predicted octanol–water partition coefficient (Wildman–Crippen LogP) is 1.40. The van der Waals surface area contributed by atoms with Gasteiger partial charge in [0, 0.05) is 30.9 Å². The Morgan fingerprint density at radius 3 is 2.26 bits per heavy atom. The molecule has 23 heavy (non-hydrogen) atoms. The van der Waals surface area contributed by atoms with Crippen molar-refractivity contribution >= 4 is 12.1 Å². The van der Waals surface area contributed by atoms with Gasteiger partial charge in [0.1, 0.15) is 11.4 Å². The number of hydrogen-bond acceptors (Lipinski definition) is 5. The van der Waals surface area contributed by atoms with E-state index in [2.05, 4.69) is 0 Å². The standard InChI is InChI=1S/C17H23NO5/c1-17(2,3)23-16(21)18-9-13(14(10-18)15(19)20)11-5-7-12(22-4)8-6-11/h5-8,13-14H,9-10H2,1-4H3,(H,19,20)/p-1/t13-,14-/m0/s1. The SMILES string of the molecule is COc1ccc([C@@H]2CN(C(=O)OC(C)(C)C)C[C@@H]2C(=O)[O-])cc1.